The third-order valence-corrected chi connectivity index (χ3v) is 9.98. The molecule has 4 aliphatic rings. The fraction of sp³-hybridized carbons (Fsp3) is 0.452. The number of ether oxygens (including phenoxy) is 3. The summed E-state index contributed by atoms with van der Waals surface area (Å²) in [7, 11) is 2.85. The molecule has 0 aliphatic heterocycles. The Morgan fingerprint density at radius 3 is 2.32 bits per heavy atom. The highest BCUT2D eigenvalue weighted by molar-refractivity contribution is 6.38. The van der Waals surface area contributed by atoms with Crippen LogP contribution < -0.4 is 9.47 Å². The molecule has 4 saturated carbocycles. The Kier molecular flexibility index (Phi) is 7.30. The Morgan fingerprint density at radius 2 is 1.70 bits per heavy atom. The molecule has 0 atom stereocenters. The van der Waals surface area contributed by atoms with Crippen LogP contribution in [-0.2, 0) is 16.8 Å². The van der Waals surface area contributed by atoms with Gasteiger partial charge >= 0.3 is 5.97 Å². The van der Waals surface area contributed by atoms with Gasteiger partial charge in [0.05, 0.1) is 41.9 Å². The van der Waals surface area contributed by atoms with Gasteiger partial charge < -0.3 is 28.4 Å². The number of halogens is 2. The zero-order valence-corrected chi connectivity index (χ0v) is 25.7. The lowest BCUT2D eigenvalue weighted by Gasteiger charge is -2.51. The van der Waals surface area contributed by atoms with Gasteiger partial charge in [-0.05, 0) is 63.5 Å². The van der Waals surface area contributed by atoms with E-state index in [-0.39, 0.29) is 28.1 Å². The minimum absolute atomic E-state index is 0.0436. The number of fused-ring (bicyclic) bond motifs is 3. The van der Waals surface area contributed by atoms with Crippen LogP contribution in [-0.4, -0.2) is 51.2 Å². The smallest absolute Gasteiger partial charge is 0.339 e. The fourth-order valence-electron chi connectivity index (χ4n) is 6.68. The number of carbonyl (C=O) groups is 1. The molecule has 4 fully saturated rings. The highest BCUT2D eigenvalue weighted by atomic mass is 35.5. The molecule has 8 rings (SSSR count). The largest absolute Gasteiger partial charge is 0.493 e. The molecule has 4 aliphatic carbocycles. The second-order valence-electron chi connectivity index (χ2n) is 11.9. The van der Waals surface area contributed by atoms with Crippen molar-refractivity contribution in [1.82, 2.24) is 20.3 Å². The first kappa shape index (κ1) is 29.1. The first-order chi connectivity index (χ1) is 21.3. The molecule has 2 bridgehead atoms. The number of nitrogens with zero attached hydrogens (tertiary/aromatic N) is 4. The summed E-state index contributed by atoms with van der Waals surface area (Å²) in [6.07, 6.45) is 10.2. The molecular formula is C31H30Cl2N4O7. The molecular weight excluding hydrogens is 611 g/mol. The summed E-state index contributed by atoms with van der Waals surface area (Å²) in [5.41, 5.74) is 2.00. The number of hydrogen-bond acceptors (Lipinski definition) is 10. The van der Waals surface area contributed by atoms with Crippen molar-refractivity contribution in [1.29, 1.82) is 0 Å². The first-order valence-corrected chi connectivity index (χ1v) is 15.3. The summed E-state index contributed by atoms with van der Waals surface area (Å²) >= 11 is 13.0. The molecule has 11 nitrogen and oxygen atoms in total. The maximum Gasteiger partial charge on any atom is 0.339 e. The second kappa shape index (κ2) is 11.0. The van der Waals surface area contributed by atoms with Crippen LogP contribution in [0.15, 0.2) is 33.6 Å². The van der Waals surface area contributed by atoms with Crippen molar-refractivity contribution in [2.24, 2.45) is 0 Å². The van der Waals surface area contributed by atoms with Gasteiger partial charge in [0, 0.05) is 35.0 Å². The average molecular weight is 642 g/mol. The summed E-state index contributed by atoms with van der Waals surface area (Å²) in [5, 5.41) is 19.2. The SMILES string of the molecule is COc1cc(-c2noc(C34CCC(OCc5c(-c6c(Cl)cncc6Cl)noc5C5CC5)(CC3)CC4)n2)cc(C(=O)O)c1OC. The number of carboxylic acid groups (broad SMARTS) is 1. The molecule has 1 aromatic carbocycles. The third-order valence-electron chi connectivity index (χ3n) is 9.40. The van der Waals surface area contributed by atoms with Crippen LogP contribution in [0, 0.1) is 0 Å². The maximum absolute atomic E-state index is 11.9. The minimum atomic E-state index is -1.14. The lowest BCUT2D eigenvalue weighted by Crippen LogP contribution is -2.49. The Balaban J connectivity index is 1.10. The number of hydrogen-bond donors (Lipinski definition) is 1. The van der Waals surface area contributed by atoms with E-state index in [1.165, 1.54) is 20.3 Å². The third kappa shape index (κ3) is 4.91. The first-order valence-electron chi connectivity index (χ1n) is 14.5. The van der Waals surface area contributed by atoms with Crippen LogP contribution in [0.3, 0.4) is 0 Å². The number of rotatable bonds is 10. The highest BCUT2D eigenvalue weighted by Gasteiger charge is 2.53. The summed E-state index contributed by atoms with van der Waals surface area (Å²) in [4.78, 5) is 20.7. The van der Waals surface area contributed by atoms with Crippen molar-refractivity contribution in [2.75, 3.05) is 14.2 Å². The van der Waals surface area contributed by atoms with Crippen molar-refractivity contribution in [3.8, 4) is 34.1 Å². The quantitative estimate of drug-likeness (QED) is 0.187. The van der Waals surface area contributed by atoms with E-state index in [0.29, 0.717) is 51.1 Å². The predicted octanol–water partition coefficient (Wildman–Crippen LogP) is 7.25. The average Bonchev–Trinajstić information content (AvgIpc) is 3.59. The monoisotopic (exact) mass is 640 g/mol. The van der Waals surface area contributed by atoms with Crippen molar-refractivity contribution in [3.05, 3.63) is 57.3 Å². The van der Waals surface area contributed by atoms with E-state index in [1.54, 1.807) is 18.5 Å². The van der Waals surface area contributed by atoms with Crippen LogP contribution in [0.25, 0.3) is 22.6 Å². The van der Waals surface area contributed by atoms with Gasteiger partial charge in [0.1, 0.15) is 17.0 Å². The predicted molar refractivity (Wildman–Crippen MR) is 158 cm³/mol. The maximum atomic E-state index is 11.9. The minimum Gasteiger partial charge on any atom is -0.493 e. The van der Waals surface area contributed by atoms with Crippen molar-refractivity contribution < 1.29 is 33.2 Å². The number of aromatic carboxylic acids is 1. The van der Waals surface area contributed by atoms with Gasteiger partial charge in [-0.15, -0.1) is 0 Å². The number of carboxylic acids is 1. The molecule has 4 aromatic rings. The van der Waals surface area contributed by atoms with E-state index >= 15 is 0 Å². The second-order valence-corrected chi connectivity index (χ2v) is 12.7. The lowest BCUT2D eigenvalue weighted by atomic mass is 9.58. The van der Waals surface area contributed by atoms with E-state index in [0.717, 1.165) is 62.7 Å². The topological polar surface area (TPSA) is 143 Å². The van der Waals surface area contributed by atoms with Crippen LogP contribution in [0.2, 0.25) is 10.0 Å². The normalized spacial score (nSPS) is 22.7. The number of pyridine rings is 1. The Bertz CT molecular complexity index is 1700. The zero-order chi connectivity index (χ0) is 30.6. The molecule has 0 unspecified atom stereocenters. The van der Waals surface area contributed by atoms with E-state index < -0.39 is 5.97 Å². The zero-order valence-electron chi connectivity index (χ0n) is 24.2. The number of aromatic nitrogens is 4. The van der Waals surface area contributed by atoms with Gasteiger partial charge in [-0.25, -0.2) is 4.79 Å². The molecule has 0 spiro atoms. The Labute approximate surface area is 262 Å². The molecule has 44 heavy (non-hydrogen) atoms. The molecule has 1 N–H and O–H groups in total. The van der Waals surface area contributed by atoms with E-state index in [1.807, 2.05) is 0 Å². The summed E-state index contributed by atoms with van der Waals surface area (Å²) < 4.78 is 29.0. The molecule has 230 valence electrons. The molecule has 3 aromatic heterocycles. The Morgan fingerprint density at radius 1 is 1.00 bits per heavy atom. The van der Waals surface area contributed by atoms with E-state index in [4.69, 9.17) is 51.4 Å². The summed E-state index contributed by atoms with van der Waals surface area (Å²) in [6, 6.07) is 3.12. The summed E-state index contributed by atoms with van der Waals surface area (Å²) in [6.45, 7) is 0.350. The molecule has 0 radical (unpaired) electrons. The van der Waals surface area contributed by atoms with Gasteiger partial charge in [0.2, 0.25) is 11.7 Å². The molecule has 3 heterocycles. The van der Waals surface area contributed by atoms with Crippen molar-refractivity contribution >= 4 is 29.2 Å². The van der Waals surface area contributed by atoms with Crippen molar-refractivity contribution in [2.45, 2.75) is 74.9 Å². The Hall–Kier alpha value is -3.67. The van der Waals surface area contributed by atoms with Crippen LogP contribution >= 0.6 is 23.2 Å². The van der Waals surface area contributed by atoms with Crippen LogP contribution in [0.1, 0.15) is 84.9 Å². The fourth-order valence-corrected chi connectivity index (χ4v) is 7.23. The standard InChI is InChI=1S/C31H30Cl2N4O7/c1-40-22-12-17(11-18(28(38)39)26(22)41-2)27-35-29(44-37-27)30-5-8-31(9-6-30,10-7-30)42-15-19-24(36-43-25(19)16-3-4-16)23-20(32)13-34-14-21(23)33/h11-14,16H,3-10,15H2,1-2H3,(H,38,39). The van der Waals surface area contributed by atoms with Gasteiger partial charge in [-0.2, -0.15) is 4.98 Å². The lowest BCUT2D eigenvalue weighted by molar-refractivity contribution is -0.130. The van der Waals surface area contributed by atoms with Gasteiger partial charge in [0.25, 0.3) is 0 Å². The van der Waals surface area contributed by atoms with E-state index in [9.17, 15) is 9.90 Å². The van der Waals surface area contributed by atoms with Crippen LogP contribution in [0.5, 0.6) is 11.5 Å². The van der Waals surface area contributed by atoms with Crippen LogP contribution in [0.4, 0.5) is 0 Å². The van der Waals surface area contributed by atoms with Gasteiger partial charge in [-0.3, -0.25) is 4.98 Å². The summed E-state index contributed by atoms with van der Waals surface area (Å²) in [5.74, 6) is 1.32. The van der Waals surface area contributed by atoms with E-state index in [2.05, 4.69) is 15.3 Å². The van der Waals surface area contributed by atoms with Gasteiger partial charge in [0.15, 0.2) is 11.5 Å². The van der Waals surface area contributed by atoms with Crippen molar-refractivity contribution in [3.63, 3.8) is 0 Å². The molecule has 0 amide bonds. The number of methoxy groups -OCH3 is 2. The highest BCUT2D eigenvalue weighted by Crippen LogP contribution is 2.55. The molecule has 0 saturated heterocycles. The van der Waals surface area contributed by atoms with Gasteiger partial charge in [-0.1, -0.05) is 33.5 Å². The molecule has 13 heteroatoms. The number of benzene rings is 1.